The Morgan fingerprint density at radius 3 is 2.32 bits per heavy atom. The van der Waals surface area contributed by atoms with Gasteiger partial charge in [0, 0.05) is 38.3 Å². The van der Waals surface area contributed by atoms with Gasteiger partial charge in [-0.25, -0.2) is 12.7 Å². The Morgan fingerprint density at radius 2 is 1.68 bits per heavy atom. The minimum Gasteiger partial charge on any atom is -0.497 e. The standard InChI is InChI=1S/C35H39N5O6S/c1-37(2)33(41)31-8-7-19-39(31)35(28-15-9-25(21-32(28)46-4)23-38-17-5-6-18-38)29-20-24(22-36)10-16-30(29)40(34(35)42)47(43,44)27-13-11-26(45-3)12-14-27/h9-16,20-21,31H,5-8,17-19,23H2,1-4H3/t31?,35-/m1/s1. The molecule has 6 rings (SSSR count). The lowest BCUT2D eigenvalue weighted by Gasteiger charge is -2.42. The minimum absolute atomic E-state index is 0.104. The largest absolute Gasteiger partial charge is 0.497 e. The van der Waals surface area contributed by atoms with Gasteiger partial charge in [0.25, 0.3) is 15.9 Å². The van der Waals surface area contributed by atoms with Crippen LogP contribution in [0.25, 0.3) is 0 Å². The van der Waals surface area contributed by atoms with Crippen LogP contribution in [0, 0.1) is 11.3 Å². The van der Waals surface area contributed by atoms with Crippen molar-refractivity contribution in [3.8, 4) is 17.6 Å². The van der Waals surface area contributed by atoms with Gasteiger partial charge in [-0.2, -0.15) is 5.26 Å². The number of anilines is 1. The summed E-state index contributed by atoms with van der Waals surface area (Å²) in [4.78, 5) is 34.7. The number of likely N-dealkylation sites (tertiary alicyclic amines) is 2. The first-order valence-corrected chi connectivity index (χ1v) is 17.2. The highest BCUT2D eigenvalue weighted by atomic mass is 32.2. The van der Waals surface area contributed by atoms with Crippen molar-refractivity contribution >= 4 is 27.5 Å². The number of ether oxygens (including phenoxy) is 2. The Labute approximate surface area is 275 Å². The fourth-order valence-corrected chi connectivity index (χ4v) is 8.74. The van der Waals surface area contributed by atoms with Crippen molar-refractivity contribution in [3.05, 3.63) is 82.9 Å². The first-order chi connectivity index (χ1) is 22.6. The van der Waals surface area contributed by atoms with E-state index in [0.29, 0.717) is 48.6 Å². The van der Waals surface area contributed by atoms with E-state index in [4.69, 9.17) is 9.47 Å². The highest BCUT2D eigenvalue weighted by molar-refractivity contribution is 7.93. The van der Waals surface area contributed by atoms with Crippen LogP contribution in [0.1, 0.15) is 47.9 Å². The molecule has 0 bridgehead atoms. The number of nitriles is 1. The SMILES string of the molecule is COc1ccc(S(=O)(=O)N2C(=O)[C@](c3ccc(CN4CCCC4)cc3OC)(N3CCCC3C(=O)N(C)C)c3cc(C#N)ccc32)cc1. The van der Waals surface area contributed by atoms with E-state index in [1.54, 1.807) is 20.2 Å². The molecule has 1 unspecified atom stereocenters. The average Bonchev–Trinajstić information content (AvgIpc) is 3.83. The number of hydrogen-bond acceptors (Lipinski definition) is 9. The molecular formula is C35H39N5O6S. The smallest absolute Gasteiger partial charge is 0.271 e. The van der Waals surface area contributed by atoms with Crippen molar-refractivity contribution in [1.82, 2.24) is 14.7 Å². The second-order valence-corrected chi connectivity index (χ2v) is 14.2. The Bertz CT molecular complexity index is 1850. The number of likely N-dealkylation sites (N-methyl/N-ethyl adjacent to an activating group) is 1. The molecule has 246 valence electrons. The van der Waals surface area contributed by atoms with Crippen molar-refractivity contribution in [3.63, 3.8) is 0 Å². The third-order valence-corrected chi connectivity index (χ3v) is 11.2. The first-order valence-electron chi connectivity index (χ1n) is 15.7. The van der Waals surface area contributed by atoms with Crippen molar-refractivity contribution < 1.29 is 27.5 Å². The van der Waals surface area contributed by atoms with Crippen LogP contribution in [0.4, 0.5) is 5.69 Å². The normalized spacial score (nSPS) is 21.5. The summed E-state index contributed by atoms with van der Waals surface area (Å²) in [7, 11) is 1.86. The molecule has 0 saturated carbocycles. The molecule has 0 aromatic heterocycles. The lowest BCUT2D eigenvalue weighted by Crippen LogP contribution is -2.59. The zero-order chi connectivity index (χ0) is 33.5. The average molecular weight is 658 g/mol. The third-order valence-electron chi connectivity index (χ3n) is 9.50. The van der Waals surface area contributed by atoms with E-state index in [2.05, 4.69) is 11.0 Å². The number of carbonyl (C=O) groups is 2. The fourth-order valence-electron chi connectivity index (χ4n) is 7.28. The molecule has 3 aromatic rings. The van der Waals surface area contributed by atoms with Gasteiger partial charge in [0.15, 0.2) is 5.54 Å². The maximum absolute atomic E-state index is 15.4. The van der Waals surface area contributed by atoms with Crippen molar-refractivity contribution in [1.29, 1.82) is 5.26 Å². The van der Waals surface area contributed by atoms with E-state index in [1.807, 2.05) is 23.1 Å². The van der Waals surface area contributed by atoms with Crippen LogP contribution < -0.4 is 13.8 Å². The van der Waals surface area contributed by atoms with Crippen LogP contribution >= 0.6 is 0 Å². The van der Waals surface area contributed by atoms with Crippen molar-refractivity contribution in [2.45, 2.75) is 48.7 Å². The third kappa shape index (κ3) is 5.32. The van der Waals surface area contributed by atoms with Gasteiger partial charge < -0.3 is 14.4 Å². The van der Waals surface area contributed by atoms with Gasteiger partial charge in [0.2, 0.25) is 5.91 Å². The van der Waals surface area contributed by atoms with Crippen LogP contribution in [0.3, 0.4) is 0 Å². The summed E-state index contributed by atoms with van der Waals surface area (Å²) in [6.07, 6.45) is 3.35. The maximum Gasteiger partial charge on any atom is 0.271 e. The van der Waals surface area contributed by atoms with E-state index < -0.39 is 27.5 Å². The summed E-state index contributed by atoms with van der Waals surface area (Å²) in [6.45, 7) is 3.03. The molecule has 2 fully saturated rings. The van der Waals surface area contributed by atoms with E-state index in [9.17, 15) is 18.5 Å². The summed E-state index contributed by atoms with van der Waals surface area (Å²) in [5, 5.41) is 10.00. The van der Waals surface area contributed by atoms with Crippen molar-refractivity contribution in [2.75, 3.05) is 52.3 Å². The van der Waals surface area contributed by atoms with E-state index >= 15 is 4.79 Å². The van der Waals surface area contributed by atoms with Crippen LogP contribution in [-0.4, -0.2) is 88.9 Å². The Hall–Kier alpha value is -4.44. The van der Waals surface area contributed by atoms with Gasteiger partial charge in [-0.15, -0.1) is 0 Å². The summed E-state index contributed by atoms with van der Waals surface area (Å²) in [5.41, 5.74) is 0.288. The summed E-state index contributed by atoms with van der Waals surface area (Å²) < 4.78 is 41.0. The highest BCUT2D eigenvalue weighted by Crippen LogP contribution is 2.54. The quantitative estimate of drug-likeness (QED) is 0.339. The topological polar surface area (TPSA) is 123 Å². The van der Waals surface area contributed by atoms with Crippen LogP contribution in [0.2, 0.25) is 0 Å². The lowest BCUT2D eigenvalue weighted by molar-refractivity contribution is -0.138. The second kappa shape index (κ2) is 12.6. The number of amides is 2. The number of nitrogens with zero attached hydrogens (tertiary/aromatic N) is 5. The molecule has 3 aromatic carbocycles. The molecule has 0 radical (unpaired) electrons. The molecule has 0 N–H and O–H groups in total. The molecule has 11 nitrogen and oxygen atoms in total. The molecule has 2 saturated heterocycles. The molecular weight excluding hydrogens is 618 g/mol. The number of carbonyl (C=O) groups excluding carboxylic acids is 2. The number of methoxy groups -OCH3 is 2. The molecule has 2 amide bonds. The molecule has 12 heteroatoms. The second-order valence-electron chi connectivity index (χ2n) is 12.4. The molecule has 3 aliphatic heterocycles. The van der Waals surface area contributed by atoms with Gasteiger partial charge in [0.05, 0.1) is 42.5 Å². The zero-order valence-electron chi connectivity index (χ0n) is 27.1. The molecule has 3 aliphatic rings. The number of hydrogen-bond donors (Lipinski definition) is 0. The predicted molar refractivity (Wildman–Crippen MR) is 176 cm³/mol. The Morgan fingerprint density at radius 1 is 0.957 bits per heavy atom. The number of sulfonamides is 1. The van der Waals surface area contributed by atoms with E-state index in [0.717, 1.165) is 35.8 Å². The summed E-state index contributed by atoms with van der Waals surface area (Å²) in [5.74, 6) is -0.0998. The molecule has 0 spiro atoms. The summed E-state index contributed by atoms with van der Waals surface area (Å²) in [6, 6.07) is 17.5. The van der Waals surface area contributed by atoms with Crippen LogP contribution in [0.5, 0.6) is 11.5 Å². The zero-order valence-corrected chi connectivity index (χ0v) is 27.9. The lowest BCUT2D eigenvalue weighted by atomic mass is 9.80. The molecule has 2 atom stereocenters. The maximum atomic E-state index is 15.4. The summed E-state index contributed by atoms with van der Waals surface area (Å²) >= 11 is 0. The van der Waals surface area contributed by atoms with Gasteiger partial charge in [-0.3, -0.25) is 19.4 Å². The number of fused-ring (bicyclic) bond motifs is 1. The van der Waals surface area contributed by atoms with Crippen LogP contribution in [0.15, 0.2) is 65.6 Å². The Kier molecular flexibility index (Phi) is 8.74. The van der Waals surface area contributed by atoms with Gasteiger partial charge in [-0.1, -0.05) is 12.1 Å². The number of rotatable bonds is 9. The van der Waals surface area contributed by atoms with Gasteiger partial charge in [-0.05, 0) is 92.9 Å². The monoisotopic (exact) mass is 657 g/mol. The molecule has 47 heavy (non-hydrogen) atoms. The fraction of sp³-hybridized carbons (Fsp3) is 0.400. The van der Waals surface area contributed by atoms with Crippen LogP contribution in [-0.2, 0) is 31.7 Å². The van der Waals surface area contributed by atoms with E-state index in [-0.39, 0.29) is 22.1 Å². The van der Waals surface area contributed by atoms with Gasteiger partial charge >= 0.3 is 0 Å². The van der Waals surface area contributed by atoms with Crippen molar-refractivity contribution in [2.24, 2.45) is 0 Å². The van der Waals surface area contributed by atoms with Gasteiger partial charge in [0.1, 0.15) is 11.5 Å². The highest BCUT2D eigenvalue weighted by Gasteiger charge is 2.63. The minimum atomic E-state index is -4.48. The predicted octanol–water partition coefficient (Wildman–Crippen LogP) is 3.70. The number of benzene rings is 3. The Balaban J connectivity index is 1.62. The van der Waals surface area contributed by atoms with E-state index in [1.165, 1.54) is 55.5 Å². The first kappa shape index (κ1) is 32.5. The molecule has 3 heterocycles. The molecule has 0 aliphatic carbocycles.